The Labute approximate surface area is 158 Å². The summed E-state index contributed by atoms with van der Waals surface area (Å²) in [6.45, 7) is 3.94. The van der Waals surface area contributed by atoms with Crippen LogP contribution in [0.3, 0.4) is 0 Å². The minimum atomic E-state index is -0.327. The van der Waals surface area contributed by atoms with Gasteiger partial charge in [0.15, 0.2) is 0 Å². The van der Waals surface area contributed by atoms with Gasteiger partial charge >= 0.3 is 5.97 Å². The fraction of sp³-hybridized carbons (Fsp3) is 0.286. The quantitative estimate of drug-likeness (QED) is 0.704. The van der Waals surface area contributed by atoms with E-state index in [2.05, 4.69) is 39.3 Å². The van der Waals surface area contributed by atoms with E-state index in [-0.39, 0.29) is 5.97 Å². The van der Waals surface area contributed by atoms with Crippen molar-refractivity contribution in [1.82, 2.24) is 9.99 Å². The summed E-state index contributed by atoms with van der Waals surface area (Å²) in [4.78, 5) is 15.1. The number of carbonyl (C=O) groups is 1. The van der Waals surface area contributed by atoms with Crippen molar-refractivity contribution in [2.75, 3.05) is 38.4 Å². The van der Waals surface area contributed by atoms with Gasteiger partial charge in [-0.05, 0) is 29.8 Å². The first-order chi connectivity index (χ1) is 13.3. The van der Waals surface area contributed by atoms with Crippen molar-refractivity contribution in [3.05, 3.63) is 65.9 Å². The van der Waals surface area contributed by atoms with Crippen LogP contribution in [-0.2, 0) is 16.0 Å². The molecule has 4 rings (SSSR count). The highest BCUT2D eigenvalue weighted by atomic mass is 16.5. The third-order valence-electron chi connectivity index (χ3n) is 4.89. The molecule has 0 atom stereocenters. The second-order valence-corrected chi connectivity index (χ2v) is 6.53. The van der Waals surface area contributed by atoms with Crippen molar-refractivity contribution < 1.29 is 14.3 Å². The Morgan fingerprint density at radius 3 is 2.70 bits per heavy atom. The highest BCUT2D eigenvalue weighted by Crippen LogP contribution is 2.25. The van der Waals surface area contributed by atoms with Gasteiger partial charge in [-0.3, -0.25) is 0 Å². The van der Waals surface area contributed by atoms with E-state index in [0.717, 1.165) is 49.4 Å². The molecule has 27 heavy (non-hydrogen) atoms. The first-order valence-corrected chi connectivity index (χ1v) is 9.10. The molecule has 0 aliphatic carbocycles. The van der Waals surface area contributed by atoms with Crippen LogP contribution >= 0.6 is 0 Å². The molecule has 0 spiro atoms. The Balaban J connectivity index is 1.65. The van der Waals surface area contributed by atoms with E-state index >= 15 is 0 Å². The van der Waals surface area contributed by atoms with Gasteiger partial charge in [-0.25, -0.2) is 9.80 Å². The topological polar surface area (TPSA) is 57.8 Å². The molecule has 0 amide bonds. The van der Waals surface area contributed by atoms with E-state index in [4.69, 9.17) is 9.47 Å². The van der Waals surface area contributed by atoms with Crippen molar-refractivity contribution in [1.29, 1.82) is 0 Å². The number of hydrogen-bond acceptors (Lipinski definition) is 5. The second kappa shape index (κ2) is 7.82. The predicted molar refractivity (Wildman–Crippen MR) is 105 cm³/mol. The van der Waals surface area contributed by atoms with E-state index in [1.165, 1.54) is 12.7 Å². The molecule has 1 aromatic heterocycles. The summed E-state index contributed by atoms with van der Waals surface area (Å²) >= 11 is 0. The zero-order valence-electron chi connectivity index (χ0n) is 15.4. The molecule has 6 heteroatoms. The van der Waals surface area contributed by atoms with Gasteiger partial charge in [-0.15, -0.1) is 0 Å². The van der Waals surface area contributed by atoms with Gasteiger partial charge < -0.3 is 19.5 Å². The van der Waals surface area contributed by atoms with E-state index in [9.17, 15) is 4.79 Å². The van der Waals surface area contributed by atoms with Gasteiger partial charge in [0, 0.05) is 30.2 Å². The third-order valence-corrected chi connectivity index (χ3v) is 4.89. The van der Waals surface area contributed by atoms with Gasteiger partial charge in [0.1, 0.15) is 0 Å². The maximum absolute atomic E-state index is 11.8. The molecular weight excluding hydrogens is 342 g/mol. The standard InChI is InChI=1S/C21H23N3O3/c1-26-21(25)16-7-8-19-17(14-22-20(19)13-16)15-24(18-5-3-2-4-6-18)23-9-11-27-12-10-23/h2-8,13-14,22H,9-12,15H2,1H3. The first kappa shape index (κ1) is 17.6. The van der Waals surface area contributed by atoms with Crippen LogP contribution in [0.15, 0.2) is 54.7 Å². The van der Waals surface area contributed by atoms with Gasteiger partial charge in [0.05, 0.1) is 38.1 Å². The summed E-state index contributed by atoms with van der Waals surface area (Å²) in [7, 11) is 1.40. The van der Waals surface area contributed by atoms with Crippen LogP contribution in [0.1, 0.15) is 15.9 Å². The molecule has 0 radical (unpaired) electrons. The number of anilines is 1. The molecule has 1 fully saturated rings. The number of esters is 1. The van der Waals surface area contributed by atoms with Crippen molar-refractivity contribution in [3.63, 3.8) is 0 Å². The molecular formula is C21H23N3O3. The minimum absolute atomic E-state index is 0.327. The number of para-hydroxylation sites is 1. The fourth-order valence-electron chi connectivity index (χ4n) is 3.47. The lowest BCUT2D eigenvalue weighted by Crippen LogP contribution is -2.48. The van der Waals surface area contributed by atoms with Crippen molar-refractivity contribution in [3.8, 4) is 0 Å². The lowest BCUT2D eigenvalue weighted by atomic mass is 10.1. The van der Waals surface area contributed by atoms with Crippen molar-refractivity contribution in [2.45, 2.75) is 6.54 Å². The van der Waals surface area contributed by atoms with Crippen LogP contribution in [0, 0.1) is 0 Å². The number of aromatic amines is 1. The van der Waals surface area contributed by atoms with Gasteiger partial charge in [-0.2, -0.15) is 0 Å². The van der Waals surface area contributed by atoms with Gasteiger partial charge in [0.25, 0.3) is 0 Å². The van der Waals surface area contributed by atoms with E-state index in [1.807, 2.05) is 30.5 Å². The maximum atomic E-state index is 11.8. The average molecular weight is 365 g/mol. The molecule has 1 aliphatic rings. The van der Waals surface area contributed by atoms with Gasteiger partial charge in [-0.1, -0.05) is 24.3 Å². The largest absolute Gasteiger partial charge is 0.465 e. The zero-order valence-corrected chi connectivity index (χ0v) is 15.4. The number of nitrogens with one attached hydrogen (secondary N) is 1. The van der Waals surface area contributed by atoms with Crippen LogP contribution in [0.2, 0.25) is 0 Å². The number of hydrazine groups is 1. The van der Waals surface area contributed by atoms with Gasteiger partial charge in [0.2, 0.25) is 0 Å². The molecule has 2 aromatic carbocycles. The van der Waals surface area contributed by atoms with Crippen LogP contribution < -0.4 is 5.01 Å². The van der Waals surface area contributed by atoms with Crippen LogP contribution in [-0.4, -0.2) is 49.4 Å². The average Bonchev–Trinajstić information content (AvgIpc) is 3.14. The Morgan fingerprint density at radius 1 is 1.19 bits per heavy atom. The predicted octanol–water partition coefficient (Wildman–Crippen LogP) is 3.21. The Morgan fingerprint density at radius 2 is 1.96 bits per heavy atom. The van der Waals surface area contributed by atoms with Crippen LogP contribution in [0.4, 0.5) is 5.69 Å². The van der Waals surface area contributed by atoms with E-state index in [0.29, 0.717) is 5.56 Å². The third kappa shape index (κ3) is 3.67. The van der Waals surface area contributed by atoms with E-state index < -0.39 is 0 Å². The summed E-state index contributed by atoms with van der Waals surface area (Å²) < 4.78 is 10.3. The summed E-state index contributed by atoms with van der Waals surface area (Å²) in [5.74, 6) is -0.327. The molecule has 0 bridgehead atoms. The van der Waals surface area contributed by atoms with E-state index in [1.54, 1.807) is 0 Å². The number of hydrogen-bond donors (Lipinski definition) is 1. The smallest absolute Gasteiger partial charge is 0.337 e. The highest BCUT2D eigenvalue weighted by Gasteiger charge is 2.21. The number of benzene rings is 2. The number of rotatable bonds is 5. The number of carbonyl (C=O) groups excluding carboxylic acids is 1. The van der Waals surface area contributed by atoms with Crippen molar-refractivity contribution >= 4 is 22.6 Å². The molecule has 2 heterocycles. The summed E-state index contributed by atoms with van der Waals surface area (Å²) in [5, 5.41) is 5.75. The summed E-state index contributed by atoms with van der Waals surface area (Å²) in [6, 6.07) is 16.0. The molecule has 1 saturated heterocycles. The number of methoxy groups -OCH3 is 1. The molecule has 1 N–H and O–H groups in total. The maximum Gasteiger partial charge on any atom is 0.337 e. The Bertz CT molecular complexity index is 917. The summed E-state index contributed by atoms with van der Waals surface area (Å²) in [5.41, 5.74) is 3.81. The normalized spacial score (nSPS) is 15.0. The Hall–Kier alpha value is -2.83. The Kier molecular flexibility index (Phi) is 5.09. The number of H-pyrrole nitrogens is 1. The molecule has 3 aromatic rings. The number of ether oxygens (including phenoxy) is 2. The highest BCUT2D eigenvalue weighted by molar-refractivity contribution is 5.95. The lowest BCUT2D eigenvalue weighted by Gasteiger charge is -2.38. The number of morpholine rings is 1. The zero-order chi connectivity index (χ0) is 18.6. The number of fused-ring (bicyclic) bond motifs is 1. The lowest BCUT2D eigenvalue weighted by molar-refractivity contribution is 0.0307. The fourth-order valence-corrected chi connectivity index (χ4v) is 3.47. The molecule has 0 unspecified atom stereocenters. The first-order valence-electron chi connectivity index (χ1n) is 9.10. The number of aromatic nitrogens is 1. The second-order valence-electron chi connectivity index (χ2n) is 6.53. The van der Waals surface area contributed by atoms with Crippen LogP contribution in [0.5, 0.6) is 0 Å². The SMILES string of the molecule is COC(=O)c1ccc2c(CN(c3ccccc3)N3CCOCC3)c[nH]c2c1. The minimum Gasteiger partial charge on any atom is -0.465 e. The van der Waals surface area contributed by atoms with Crippen LogP contribution in [0.25, 0.3) is 10.9 Å². The number of nitrogens with zero attached hydrogens (tertiary/aromatic N) is 2. The molecule has 140 valence electrons. The monoisotopic (exact) mass is 365 g/mol. The summed E-state index contributed by atoms with van der Waals surface area (Å²) in [6.07, 6.45) is 2.02. The molecule has 0 saturated carbocycles. The molecule has 6 nitrogen and oxygen atoms in total. The van der Waals surface area contributed by atoms with Crippen molar-refractivity contribution in [2.24, 2.45) is 0 Å². The molecule has 1 aliphatic heterocycles.